The van der Waals surface area contributed by atoms with Crippen LogP contribution in [0.4, 0.5) is 0 Å². The maximum absolute atomic E-state index is 13.0. The smallest absolute Gasteiger partial charge is 0.218 e. The molecule has 0 aromatic heterocycles. The van der Waals surface area contributed by atoms with Gasteiger partial charge in [0.25, 0.3) is 0 Å². The summed E-state index contributed by atoms with van der Waals surface area (Å²) in [6, 6.07) is 12.3. The first-order valence-corrected chi connectivity index (χ1v) is 10.7. The average Bonchev–Trinajstić information content (AvgIpc) is 2.60. The summed E-state index contributed by atoms with van der Waals surface area (Å²) in [4.78, 5) is -0.321. The summed E-state index contributed by atoms with van der Waals surface area (Å²) >= 11 is 0. The lowest BCUT2D eigenvalue weighted by Crippen LogP contribution is -2.26. The lowest BCUT2D eigenvalue weighted by molar-refractivity contribution is 0.572. The third-order valence-corrected chi connectivity index (χ3v) is 7.05. The Bertz CT molecular complexity index is 905. The Morgan fingerprint density at radius 1 is 0.875 bits per heavy atom. The first-order chi connectivity index (χ1) is 11.3. The maximum atomic E-state index is 13.0. The van der Waals surface area contributed by atoms with E-state index in [1.54, 1.807) is 24.3 Å². The van der Waals surface area contributed by atoms with Gasteiger partial charge in [0.1, 0.15) is 4.90 Å². The van der Waals surface area contributed by atoms with Crippen LogP contribution < -0.4 is 4.72 Å². The second-order valence-corrected chi connectivity index (χ2v) is 9.00. The molecule has 0 aliphatic rings. The van der Waals surface area contributed by atoms with Crippen molar-refractivity contribution in [1.82, 2.24) is 4.72 Å². The fourth-order valence-electron chi connectivity index (χ4n) is 2.25. The van der Waals surface area contributed by atoms with E-state index in [2.05, 4.69) is 4.72 Å². The molecule has 7 heteroatoms. The van der Waals surface area contributed by atoms with E-state index in [4.69, 9.17) is 0 Å². The van der Waals surface area contributed by atoms with Gasteiger partial charge in [-0.1, -0.05) is 38.1 Å². The van der Waals surface area contributed by atoms with Crippen LogP contribution in [0.3, 0.4) is 0 Å². The molecule has 2 rings (SSSR count). The van der Waals surface area contributed by atoms with Crippen molar-refractivity contribution in [2.75, 3.05) is 6.54 Å². The first-order valence-electron chi connectivity index (χ1n) is 7.75. The molecule has 130 valence electrons. The molecule has 0 saturated heterocycles. The molecule has 0 amide bonds. The zero-order valence-electron chi connectivity index (χ0n) is 13.7. The van der Waals surface area contributed by atoms with Crippen molar-refractivity contribution >= 4 is 19.9 Å². The molecule has 5 nitrogen and oxygen atoms in total. The quantitative estimate of drug-likeness (QED) is 0.816. The van der Waals surface area contributed by atoms with E-state index in [-0.39, 0.29) is 21.2 Å². The lowest BCUT2D eigenvalue weighted by atomic mass is 10.2. The normalized spacial score (nSPS) is 12.2. The highest BCUT2D eigenvalue weighted by atomic mass is 32.2. The van der Waals surface area contributed by atoms with Gasteiger partial charge in [0.2, 0.25) is 19.9 Å². The predicted molar refractivity (Wildman–Crippen MR) is 93.2 cm³/mol. The van der Waals surface area contributed by atoms with Crippen molar-refractivity contribution in [2.24, 2.45) is 0 Å². The van der Waals surface area contributed by atoms with Crippen molar-refractivity contribution in [3.8, 4) is 0 Å². The molecule has 0 fully saturated rings. The van der Waals surface area contributed by atoms with E-state index in [0.29, 0.717) is 12.8 Å². The number of nitrogens with one attached hydrogen (secondary N) is 1. The molecular weight excluding hydrogens is 346 g/mol. The molecule has 0 aliphatic carbocycles. The zero-order chi connectivity index (χ0) is 17.8. The van der Waals surface area contributed by atoms with Crippen LogP contribution in [-0.4, -0.2) is 23.4 Å². The highest BCUT2D eigenvalue weighted by Gasteiger charge is 2.27. The largest absolute Gasteiger partial charge is 0.241 e. The Morgan fingerprint density at radius 3 is 2.12 bits per heavy atom. The Balaban J connectivity index is 2.68. The standard InChI is InChI=1S/C17H21NO4S2/c1-3-12-18-24(21,22)16-11-10-14(4-2)13-17(16)23(19,20)15-8-6-5-7-9-15/h5-11,13,18H,3-4,12H2,1-2H3. The third kappa shape index (κ3) is 3.85. The summed E-state index contributed by atoms with van der Waals surface area (Å²) in [5.41, 5.74) is 0.763. The van der Waals surface area contributed by atoms with Crippen LogP contribution in [0.1, 0.15) is 25.8 Å². The van der Waals surface area contributed by atoms with Gasteiger partial charge in [-0.3, -0.25) is 0 Å². The van der Waals surface area contributed by atoms with Gasteiger partial charge in [0, 0.05) is 6.54 Å². The fourth-order valence-corrected chi connectivity index (χ4v) is 5.51. The summed E-state index contributed by atoms with van der Waals surface area (Å²) in [7, 11) is -7.83. The number of sulfone groups is 1. The van der Waals surface area contributed by atoms with Crippen molar-refractivity contribution in [1.29, 1.82) is 0 Å². The number of aryl methyl sites for hydroxylation is 1. The van der Waals surface area contributed by atoms with Crippen molar-refractivity contribution in [3.05, 3.63) is 54.1 Å². The van der Waals surface area contributed by atoms with Gasteiger partial charge in [-0.15, -0.1) is 0 Å². The summed E-state index contributed by atoms with van der Waals surface area (Å²) in [6.45, 7) is 3.98. The molecule has 0 heterocycles. The van der Waals surface area contributed by atoms with E-state index in [0.717, 1.165) is 5.56 Å². The van der Waals surface area contributed by atoms with Crippen LogP contribution in [0.2, 0.25) is 0 Å². The summed E-state index contributed by atoms with van der Waals surface area (Å²) in [6.07, 6.45) is 1.23. The topological polar surface area (TPSA) is 80.3 Å². The molecule has 0 radical (unpaired) electrons. The zero-order valence-corrected chi connectivity index (χ0v) is 15.3. The van der Waals surface area contributed by atoms with Gasteiger partial charge in [0.15, 0.2) is 0 Å². The molecule has 1 N–H and O–H groups in total. The predicted octanol–water partition coefficient (Wildman–Crippen LogP) is 2.77. The molecule has 0 aliphatic heterocycles. The van der Waals surface area contributed by atoms with E-state index in [1.165, 1.54) is 24.3 Å². The second kappa shape index (κ2) is 7.46. The number of hydrogen-bond donors (Lipinski definition) is 1. The molecular formula is C17H21NO4S2. The monoisotopic (exact) mass is 367 g/mol. The number of hydrogen-bond acceptors (Lipinski definition) is 4. The Kier molecular flexibility index (Phi) is 5.79. The molecule has 0 bridgehead atoms. The van der Waals surface area contributed by atoms with Crippen LogP contribution in [0.25, 0.3) is 0 Å². The highest BCUT2D eigenvalue weighted by Crippen LogP contribution is 2.28. The van der Waals surface area contributed by atoms with Gasteiger partial charge in [-0.2, -0.15) is 0 Å². The molecule has 24 heavy (non-hydrogen) atoms. The summed E-state index contributed by atoms with van der Waals surface area (Å²) in [5, 5.41) is 0. The van der Waals surface area contributed by atoms with E-state index < -0.39 is 19.9 Å². The van der Waals surface area contributed by atoms with Gasteiger partial charge in [0.05, 0.1) is 9.79 Å². The fraction of sp³-hybridized carbons (Fsp3) is 0.294. The second-order valence-electron chi connectivity index (χ2n) is 5.35. The van der Waals surface area contributed by atoms with E-state index in [1.807, 2.05) is 13.8 Å². The Labute approximate surface area is 143 Å². The van der Waals surface area contributed by atoms with Crippen LogP contribution in [-0.2, 0) is 26.3 Å². The van der Waals surface area contributed by atoms with Gasteiger partial charge < -0.3 is 0 Å². The molecule has 2 aromatic carbocycles. The van der Waals surface area contributed by atoms with Crippen LogP contribution >= 0.6 is 0 Å². The van der Waals surface area contributed by atoms with E-state index >= 15 is 0 Å². The Morgan fingerprint density at radius 2 is 1.54 bits per heavy atom. The number of sulfonamides is 1. The average molecular weight is 367 g/mol. The molecule has 2 aromatic rings. The molecule has 0 saturated carbocycles. The minimum absolute atomic E-state index is 0.0743. The van der Waals surface area contributed by atoms with E-state index in [9.17, 15) is 16.8 Å². The van der Waals surface area contributed by atoms with Gasteiger partial charge in [-0.25, -0.2) is 21.6 Å². The first kappa shape index (κ1) is 18.6. The highest BCUT2D eigenvalue weighted by molar-refractivity contribution is 7.93. The molecule has 0 atom stereocenters. The molecule has 0 spiro atoms. The summed E-state index contributed by atoms with van der Waals surface area (Å²) < 4.78 is 53.4. The lowest BCUT2D eigenvalue weighted by Gasteiger charge is -2.13. The van der Waals surface area contributed by atoms with Crippen LogP contribution in [0.5, 0.6) is 0 Å². The Hall–Kier alpha value is -1.70. The SMILES string of the molecule is CCCNS(=O)(=O)c1ccc(CC)cc1S(=O)(=O)c1ccccc1. The molecule has 0 unspecified atom stereocenters. The third-order valence-electron chi connectivity index (χ3n) is 3.59. The van der Waals surface area contributed by atoms with Gasteiger partial charge >= 0.3 is 0 Å². The van der Waals surface area contributed by atoms with Crippen molar-refractivity contribution in [3.63, 3.8) is 0 Å². The number of rotatable bonds is 7. The van der Waals surface area contributed by atoms with Crippen molar-refractivity contribution < 1.29 is 16.8 Å². The number of benzene rings is 2. The summed E-state index contributed by atoms with van der Waals surface area (Å²) in [5.74, 6) is 0. The maximum Gasteiger partial charge on any atom is 0.241 e. The van der Waals surface area contributed by atoms with Crippen molar-refractivity contribution in [2.45, 2.75) is 41.4 Å². The minimum atomic E-state index is -3.93. The van der Waals surface area contributed by atoms with Crippen LogP contribution in [0.15, 0.2) is 63.2 Å². The van der Waals surface area contributed by atoms with Crippen LogP contribution in [0, 0.1) is 0 Å². The van der Waals surface area contributed by atoms with Gasteiger partial charge in [-0.05, 0) is 42.7 Å². The minimum Gasteiger partial charge on any atom is -0.218 e.